The first-order valence-electron chi connectivity index (χ1n) is 7.99. The van der Waals surface area contributed by atoms with Gasteiger partial charge in [-0.05, 0) is 68.9 Å². The minimum atomic E-state index is 0.564. The van der Waals surface area contributed by atoms with Gasteiger partial charge in [0.1, 0.15) is 0 Å². The lowest BCUT2D eigenvalue weighted by molar-refractivity contribution is 0.310. The maximum atomic E-state index is 5.88. The zero-order valence-corrected chi connectivity index (χ0v) is 12.5. The van der Waals surface area contributed by atoms with Crippen LogP contribution in [0, 0.1) is 5.92 Å². The molecule has 2 fully saturated rings. The quantitative estimate of drug-likeness (QED) is 0.886. The van der Waals surface area contributed by atoms with E-state index in [0.717, 1.165) is 32.1 Å². The van der Waals surface area contributed by atoms with E-state index in [1.54, 1.807) is 11.1 Å². The standard InChI is InChI=1S/C17H27N3/c1-20-12-13(11-18)10-17(20)16-5-3-2-4-15(16)14-6-8-19-9-7-14/h2-5,13-14,17,19H,6-12,18H2,1H3. The third-order valence-corrected chi connectivity index (χ3v) is 5.10. The molecule has 2 saturated heterocycles. The van der Waals surface area contributed by atoms with Crippen molar-refractivity contribution in [3.63, 3.8) is 0 Å². The van der Waals surface area contributed by atoms with Gasteiger partial charge in [0.2, 0.25) is 0 Å². The zero-order chi connectivity index (χ0) is 13.9. The van der Waals surface area contributed by atoms with E-state index in [4.69, 9.17) is 5.73 Å². The molecule has 0 amide bonds. The molecule has 3 heteroatoms. The number of benzene rings is 1. The molecule has 2 aliphatic heterocycles. The lowest BCUT2D eigenvalue weighted by Crippen LogP contribution is -2.28. The van der Waals surface area contributed by atoms with Gasteiger partial charge in [0.15, 0.2) is 0 Å². The Labute approximate surface area is 122 Å². The molecule has 2 heterocycles. The predicted molar refractivity (Wildman–Crippen MR) is 83.8 cm³/mol. The molecule has 1 aromatic carbocycles. The summed E-state index contributed by atoms with van der Waals surface area (Å²) in [4.78, 5) is 2.50. The molecule has 3 N–H and O–H groups in total. The van der Waals surface area contributed by atoms with Crippen LogP contribution in [0.3, 0.4) is 0 Å². The molecule has 2 aliphatic rings. The maximum Gasteiger partial charge on any atom is 0.0351 e. The summed E-state index contributed by atoms with van der Waals surface area (Å²) in [6.07, 6.45) is 3.76. The molecule has 3 rings (SSSR count). The molecule has 1 aromatic rings. The average Bonchev–Trinajstić information content (AvgIpc) is 2.89. The van der Waals surface area contributed by atoms with Gasteiger partial charge in [0.05, 0.1) is 0 Å². The lowest BCUT2D eigenvalue weighted by atomic mass is 9.84. The number of likely N-dealkylation sites (tertiary alicyclic amines) is 1. The molecule has 3 nitrogen and oxygen atoms in total. The molecule has 0 aliphatic carbocycles. The Morgan fingerprint density at radius 1 is 1.20 bits per heavy atom. The monoisotopic (exact) mass is 273 g/mol. The second-order valence-electron chi connectivity index (χ2n) is 6.45. The first-order valence-corrected chi connectivity index (χ1v) is 7.99. The summed E-state index contributed by atoms with van der Waals surface area (Å²) in [5.41, 5.74) is 9.02. The van der Waals surface area contributed by atoms with E-state index in [-0.39, 0.29) is 0 Å². The fourth-order valence-electron chi connectivity index (χ4n) is 3.96. The first kappa shape index (κ1) is 14.1. The van der Waals surface area contributed by atoms with Crippen LogP contribution >= 0.6 is 0 Å². The number of nitrogens with two attached hydrogens (primary N) is 1. The first-order chi connectivity index (χ1) is 9.79. The smallest absolute Gasteiger partial charge is 0.0351 e. The van der Waals surface area contributed by atoms with Gasteiger partial charge in [-0.15, -0.1) is 0 Å². The number of rotatable bonds is 3. The summed E-state index contributed by atoms with van der Waals surface area (Å²) < 4.78 is 0. The van der Waals surface area contributed by atoms with E-state index < -0.39 is 0 Å². The van der Waals surface area contributed by atoms with Crippen LogP contribution in [-0.4, -0.2) is 38.1 Å². The van der Waals surface area contributed by atoms with Crippen molar-refractivity contribution < 1.29 is 0 Å². The minimum Gasteiger partial charge on any atom is -0.330 e. The van der Waals surface area contributed by atoms with Gasteiger partial charge >= 0.3 is 0 Å². The van der Waals surface area contributed by atoms with Crippen LogP contribution in [-0.2, 0) is 0 Å². The normalized spacial score (nSPS) is 28.9. The van der Waals surface area contributed by atoms with Crippen molar-refractivity contribution in [3.05, 3.63) is 35.4 Å². The fourth-order valence-corrected chi connectivity index (χ4v) is 3.96. The summed E-state index contributed by atoms with van der Waals surface area (Å²) in [5.74, 6) is 1.39. The second kappa shape index (κ2) is 6.25. The van der Waals surface area contributed by atoms with Crippen molar-refractivity contribution in [2.45, 2.75) is 31.2 Å². The van der Waals surface area contributed by atoms with Crippen LogP contribution in [0.5, 0.6) is 0 Å². The van der Waals surface area contributed by atoms with Gasteiger partial charge in [-0.25, -0.2) is 0 Å². The SMILES string of the molecule is CN1CC(CN)CC1c1ccccc1C1CCNCC1. The molecule has 0 aromatic heterocycles. The van der Waals surface area contributed by atoms with Crippen molar-refractivity contribution in [2.75, 3.05) is 33.2 Å². The summed E-state index contributed by atoms with van der Waals surface area (Å²) in [6.45, 7) is 4.27. The van der Waals surface area contributed by atoms with E-state index in [1.165, 1.54) is 19.3 Å². The minimum absolute atomic E-state index is 0.564. The Balaban J connectivity index is 1.85. The van der Waals surface area contributed by atoms with Crippen molar-refractivity contribution in [1.29, 1.82) is 0 Å². The fraction of sp³-hybridized carbons (Fsp3) is 0.647. The summed E-state index contributed by atoms with van der Waals surface area (Å²) >= 11 is 0. The zero-order valence-electron chi connectivity index (χ0n) is 12.5. The Bertz CT molecular complexity index is 440. The Morgan fingerprint density at radius 3 is 2.55 bits per heavy atom. The Kier molecular flexibility index (Phi) is 4.39. The van der Waals surface area contributed by atoms with Crippen LogP contribution in [0.25, 0.3) is 0 Å². The molecule has 20 heavy (non-hydrogen) atoms. The van der Waals surface area contributed by atoms with E-state index in [0.29, 0.717) is 12.0 Å². The number of nitrogens with one attached hydrogen (secondary N) is 1. The van der Waals surface area contributed by atoms with E-state index in [9.17, 15) is 0 Å². The van der Waals surface area contributed by atoms with Crippen LogP contribution in [0.2, 0.25) is 0 Å². The molecular weight excluding hydrogens is 246 g/mol. The van der Waals surface area contributed by atoms with Gasteiger partial charge in [0, 0.05) is 12.6 Å². The summed E-state index contributed by atoms with van der Waals surface area (Å²) in [5, 5.41) is 3.47. The third kappa shape index (κ3) is 2.76. The third-order valence-electron chi connectivity index (χ3n) is 5.10. The average molecular weight is 273 g/mol. The molecular formula is C17H27N3. The van der Waals surface area contributed by atoms with Gasteiger partial charge in [-0.1, -0.05) is 24.3 Å². The van der Waals surface area contributed by atoms with Gasteiger partial charge in [-0.3, -0.25) is 4.90 Å². The second-order valence-corrected chi connectivity index (χ2v) is 6.45. The maximum absolute atomic E-state index is 5.88. The van der Waals surface area contributed by atoms with Crippen LogP contribution in [0.4, 0.5) is 0 Å². The van der Waals surface area contributed by atoms with Gasteiger partial charge in [-0.2, -0.15) is 0 Å². The molecule has 0 bridgehead atoms. The van der Waals surface area contributed by atoms with Crippen molar-refractivity contribution in [1.82, 2.24) is 10.2 Å². The molecule has 2 atom stereocenters. The highest BCUT2D eigenvalue weighted by atomic mass is 15.2. The molecule has 110 valence electrons. The van der Waals surface area contributed by atoms with Crippen LogP contribution in [0.15, 0.2) is 24.3 Å². The van der Waals surface area contributed by atoms with Crippen LogP contribution < -0.4 is 11.1 Å². The van der Waals surface area contributed by atoms with Crippen LogP contribution in [0.1, 0.15) is 42.3 Å². The van der Waals surface area contributed by atoms with Crippen molar-refractivity contribution in [2.24, 2.45) is 11.7 Å². The highest BCUT2D eigenvalue weighted by Crippen LogP contribution is 2.39. The number of hydrogen-bond acceptors (Lipinski definition) is 3. The summed E-state index contributed by atoms with van der Waals surface area (Å²) in [7, 11) is 2.25. The van der Waals surface area contributed by atoms with E-state index in [1.807, 2.05) is 0 Å². The van der Waals surface area contributed by atoms with Crippen molar-refractivity contribution >= 4 is 0 Å². The summed E-state index contributed by atoms with van der Waals surface area (Å²) in [6, 6.07) is 9.67. The largest absolute Gasteiger partial charge is 0.330 e. The molecule has 2 unspecified atom stereocenters. The molecule has 0 spiro atoms. The number of nitrogens with zero attached hydrogens (tertiary/aromatic N) is 1. The molecule has 0 saturated carbocycles. The topological polar surface area (TPSA) is 41.3 Å². The van der Waals surface area contributed by atoms with Gasteiger partial charge in [0.25, 0.3) is 0 Å². The Morgan fingerprint density at radius 2 is 1.90 bits per heavy atom. The highest BCUT2D eigenvalue weighted by Gasteiger charge is 2.32. The van der Waals surface area contributed by atoms with Gasteiger partial charge < -0.3 is 11.1 Å². The number of hydrogen-bond donors (Lipinski definition) is 2. The number of piperidine rings is 1. The van der Waals surface area contributed by atoms with E-state index in [2.05, 4.69) is 41.5 Å². The molecule has 0 radical (unpaired) electrons. The highest BCUT2D eigenvalue weighted by molar-refractivity contribution is 5.34. The van der Waals surface area contributed by atoms with E-state index >= 15 is 0 Å². The predicted octanol–water partition coefficient (Wildman–Crippen LogP) is 2.11. The lowest BCUT2D eigenvalue weighted by Gasteiger charge is -2.29. The Hall–Kier alpha value is -0.900. The van der Waals surface area contributed by atoms with Crippen molar-refractivity contribution in [3.8, 4) is 0 Å².